The third-order valence-electron chi connectivity index (χ3n) is 3.40. The van der Waals surface area contributed by atoms with Gasteiger partial charge >= 0.3 is 5.69 Å². The highest BCUT2D eigenvalue weighted by atomic mass is 35.5. The van der Waals surface area contributed by atoms with E-state index in [1.165, 1.54) is 4.52 Å². The zero-order chi connectivity index (χ0) is 15.3. The van der Waals surface area contributed by atoms with Gasteiger partial charge in [0.25, 0.3) is 0 Å². The molecule has 0 bridgehead atoms. The molecule has 4 rings (SSSR count). The fourth-order valence-corrected chi connectivity index (χ4v) is 2.76. The minimum absolute atomic E-state index is 0.356. The van der Waals surface area contributed by atoms with E-state index in [9.17, 15) is 4.79 Å². The molecule has 0 saturated heterocycles. The number of benzene rings is 2. The second-order valence-corrected chi connectivity index (χ2v) is 5.53. The highest BCUT2D eigenvalue weighted by Crippen LogP contribution is 2.32. The summed E-state index contributed by atoms with van der Waals surface area (Å²) in [5.74, 6) is 0.356. The first-order chi connectivity index (χ1) is 10.6. The minimum atomic E-state index is -0.356. The van der Waals surface area contributed by atoms with Gasteiger partial charge in [-0.3, -0.25) is 0 Å². The number of para-hydroxylation sites is 1. The summed E-state index contributed by atoms with van der Waals surface area (Å²) in [5, 5.41) is 5.83. The Morgan fingerprint density at radius 3 is 2.73 bits per heavy atom. The maximum atomic E-state index is 12.1. The number of nitrogens with one attached hydrogen (secondary N) is 1. The maximum Gasteiger partial charge on any atom is 0.348 e. The number of hydrogen-bond donors (Lipinski definition) is 1. The van der Waals surface area contributed by atoms with Gasteiger partial charge in [0.1, 0.15) is 0 Å². The quantitative estimate of drug-likeness (QED) is 0.580. The number of aromatic nitrogens is 4. The lowest BCUT2D eigenvalue weighted by Gasteiger charge is -2.00. The van der Waals surface area contributed by atoms with E-state index in [0.717, 1.165) is 5.39 Å². The van der Waals surface area contributed by atoms with E-state index in [2.05, 4.69) is 15.1 Å². The van der Waals surface area contributed by atoms with Crippen molar-refractivity contribution in [2.24, 2.45) is 0 Å². The molecule has 0 fully saturated rings. The van der Waals surface area contributed by atoms with Crippen molar-refractivity contribution in [2.45, 2.75) is 0 Å². The Morgan fingerprint density at radius 1 is 1.05 bits per heavy atom. The van der Waals surface area contributed by atoms with Crippen LogP contribution in [0.2, 0.25) is 10.0 Å². The van der Waals surface area contributed by atoms with Crippen LogP contribution in [0.15, 0.2) is 47.3 Å². The third-order valence-corrected chi connectivity index (χ3v) is 4.22. The molecule has 108 valence electrons. The third kappa shape index (κ3) is 1.90. The first kappa shape index (κ1) is 13.3. The molecule has 5 nitrogen and oxygen atoms in total. The van der Waals surface area contributed by atoms with Crippen molar-refractivity contribution < 1.29 is 0 Å². The predicted molar refractivity (Wildman–Crippen MR) is 86.6 cm³/mol. The Balaban J connectivity index is 2.10. The lowest BCUT2D eigenvalue weighted by molar-refractivity contribution is 0.885. The summed E-state index contributed by atoms with van der Waals surface area (Å²) in [7, 11) is 0. The highest BCUT2D eigenvalue weighted by Gasteiger charge is 2.15. The fraction of sp³-hybridized carbons (Fsp3) is 0. The van der Waals surface area contributed by atoms with E-state index in [-0.39, 0.29) is 5.69 Å². The van der Waals surface area contributed by atoms with Crippen molar-refractivity contribution in [3.05, 3.63) is 63.0 Å². The summed E-state index contributed by atoms with van der Waals surface area (Å²) >= 11 is 12.2. The van der Waals surface area contributed by atoms with Crippen LogP contribution in [0, 0.1) is 0 Å². The summed E-state index contributed by atoms with van der Waals surface area (Å²) in [4.78, 5) is 19.4. The molecule has 0 spiro atoms. The summed E-state index contributed by atoms with van der Waals surface area (Å²) in [6.07, 6.45) is 0. The van der Waals surface area contributed by atoms with Crippen molar-refractivity contribution in [3.8, 4) is 11.4 Å². The Bertz CT molecular complexity index is 1080. The van der Waals surface area contributed by atoms with Gasteiger partial charge in [0.05, 0.1) is 15.6 Å². The van der Waals surface area contributed by atoms with Crippen LogP contribution >= 0.6 is 23.2 Å². The predicted octanol–water partition coefficient (Wildman–Crippen LogP) is 3.54. The molecule has 2 heterocycles. The largest absolute Gasteiger partial charge is 0.348 e. The topological polar surface area (TPSA) is 63.0 Å². The molecule has 4 aromatic rings. The number of aromatic amines is 1. The molecule has 0 radical (unpaired) electrons. The van der Waals surface area contributed by atoms with Crippen LogP contribution in [0.3, 0.4) is 0 Å². The molecular weight excluding hydrogens is 323 g/mol. The van der Waals surface area contributed by atoms with Crippen LogP contribution in [0.4, 0.5) is 0 Å². The first-order valence-electron chi connectivity index (χ1n) is 6.47. The number of halogens is 2. The Labute approximate surface area is 134 Å². The molecular formula is C15H8Cl2N4O. The summed E-state index contributed by atoms with van der Waals surface area (Å²) in [5.41, 5.74) is 1.41. The van der Waals surface area contributed by atoms with Gasteiger partial charge in [0, 0.05) is 10.9 Å². The van der Waals surface area contributed by atoms with Crippen LogP contribution in [0.5, 0.6) is 0 Å². The highest BCUT2D eigenvalue weighted by molar-refractivity contribution is 6.43. The average Bonchev–Trinajstić information content (AvgIpc) is 2.96. The van der Waals surface area contributed by atoms with Crippen LogP contribution in [-0.2, 0) is 0 Å². The van der Waals surface area contributed by atoms with Crippen molar-refractivity contribution in [1.82, 2.24) is 19.6 Å². The SMILES string of the molecule is O=c1[nH]c2ccccc2c2nc(-c3cccc(Cl)c3Cl)nn12. The molecule has 22 heavy (non-hydrogen) atoms. The molecule has 0 unspecified atom stereocenters. The fourth-order valence-electron chi connectivity index (χ4n) is 2.37. The van der Waals surface area contributed by atoms with E-state index < -0.39 is 0 Å². The van der Waals surface area contributed by atoms with E-state index >= 15 is 0 Å². The molecule has 0 aliphatic rings. The van der Waals surface area contributed by atoms with Gasteiger partial charge in [0.15, 0.2) is 11.5 Å². The molecule has 7 heteroatoms. The van der Waals surface area contributed by atoms with E-state index in [1.54, 1.807) is 18.2 Å². The molecule has 1 N–H and O–H groups in total. The molecule has 0 amide bonds. The van der Waals surface area contributed by atoms with Gasteiger partial charge in [-0.2, -0.15) is 4.52 Å². The Morgan fingerprint density at radius 2 is 1.86 bits per heavy atom. The number of fused-ring (bicyclic) bond motifs is 3. The molecule has 0 aliphatic heterocycles. The lowest BCUT2D eigenvalue weighted by Crippen LogP contribution is -2.17. The molecule has 2 aromatic heterocycles. The molecule has 0 saturated carbocycles. The van der Waals surface area contributed by atoms with Gasteiger partial charge < -0.3 is 4.98 Å². The van der Waals surface area contributed by atoms with Gasteiger partial charge in [0.2, 0.25) is 0 Å². The van der Waals surface area contributed by atoms with Crippen LogP contribution in [0.1, 0.15) is 0 Å². The smallest absolute Gasteiger partial charge is 0.305 e. The lowest BCUT2D eigenvalue weighted by atomic mass is 10.2. The average molecular weight is 331 g/mol. The number of H-pyrrole nitrogens is 1. The first-order valence-corrected chi connectivity index (χ1v) is 7.23. The van der Waals surface area contributed by atoms with Crippen molar-refractivity contribution in [3.63, 3.8) is 0 Å². The summed E-state index contributed by atoms with van der Waals surface area (Å²) in [6, 6.07) is 12.6. The number of rotatable bonds is 1. The van der Waals surface area contributed by atoms with Gasteiger partial charge in [-0.05, 0) is 24.3 Å². The summed E-state index contributed by atoms with van der Waals surface area (Å²) < 4.78 is 1.23. The van der Waals surface area contributed by atoms with Crippen molar-refractivity contribution in [2.75, 3.05) is 0 Å². The minimum Gasteiger partial charge on any atom is -0.305 e. The van der Waals surface area contributed by atoms with Gasteiger partial charge in [-0.1, -0.05) is 41.4 Å². The standard InChI is InChI=1S/C15H8Cl2N4O/c16-10-6-3-5-9(12(10)17)13-19-14-8-4-1-2-7-11(8)18-15(22)21(14)20-13/h1-7H,(H,18,22). The summed E-state index contributed by atoms with van der Waals surface area (Å²) in [6.45, 7) is 0. The molecule has 2 aromatic carbocycles. The number of hydrogen-bond acceptors (Lipinski definition) is 3. The monoisotopic (exact) mass is 330 g/mol. The van der Waals surface area contributed by atoms with Gasteiger partial charge in [-0.15, -0.1) is 5.10 Å². The second kappa shape index (κ2) is 4.83. The van der Waals surface area contributed by atoms with E-state index in [1.807, 2.05) is 24.3 Å². The zero-order valence-electron chi connectivity index (χ0n) is 11.0. The Kier molecular flexibility index (Phi) is 2.92. The van der Waals surface area contributed by atoms with Crippen LogP contribution < -0.4 is 5.69 Å². The second-order valence-electron chi connectivity index (χ2n) is 4.75. The van der Waals surface area contributed by atoms with Crippen molar-refractivity contribution >= 4 is 39.8 Å². The van der Waals surface area contributed by atoms with E-state index in [0.29, 0.717) is 32.6 Å². The van der Waals surface area contributed by atoms with Crippen molar-refractivity contribution in [1.29, 1.82) is 0 Å². The van der Waals surface area contributed by atoms with Crippen LogP contribution in [0.25, 0.3) is 27.9 Å². The molecule has 0 atom stereocenters. The molecule has 0 aliphatic carbocycles. The normalized spacial score (nSPS) is 11.4. The van der Waals surface area contributed by atoms with Gasteiger partial charge in [-0.25, -0.2) is 9.78 Å². The van der Waals surface area contributed by atoms with Crippen LogP contribution in [-0.4, -0.2) is 19.6 Å². The maximum absolute atomic E-state index is 12.1. The zero-order valence-corrected chi connectivity index (χ0v) is 12.6. The Hall–Kier alpha value is -2.37. The van der Waals surface area contributed by atoms with E-state index in [4.69, 9.17) is 23.2 Å². The number of nitrogens with zero attached hydrogens (tertiary/aromatic N) is 3.